The molecular formula is C14H18N2OS. The molecule has 0 radical (unpaired) electrons. The molecule has 2 aromatic rings. The highest BCUT2D eigenvalue weighted by atomic mass is 32.1. The molecule has 96 valence electrons. The summed E-state index contributed by atoms with van der Waals surface area (Å²) >= 11 is 1.56. The van der Waals surface area contributed by atoms with Crippen molar-refractivity contribution < 1.29 is 4.79 Å². The minimum absolute atomic E-state index is 0.00934. The van der Waals surface area contributed by atoms with Crippen LogP contribution in [0.15, 0.2) is 35.7 Å². The molecule has 0 saturated carbocycles. The second kappa shape index (κ2) is 7.61. The van der Waals surface area contributed by atoms with E-state index in [1.165, 1.54) is 0 Å². The lowest BCUT2D eigenvalue weighted by atomic mass is 10.2. The largest absolute Gasteiger partial charge is 0.359 e. The zero-order chi connectivity index (χ0) is 13.4. The number of benzene rings is 1. The van der Waals surface area contributed by atoms with Gasteiger partial charge in [-0.2, -0.15) is 0 Å². The molecular weight excluding hydrogens is 244 g/mol. The van der Waals surface area contributed by atoms with Crippen molar-refractivity contribution in [3.63, 3.8) is 0 Å². The molecule has 1 aromatic carbocycles. The van der Waals surface area contributed by atoms with E-state index in [0.29, 0.717) is 6.42 Å². The van der Waals surface area contributed by atoms with E-state index in [2.05, 4.69) is 10.3 Å². The van der Waals surface area contributed by atoms with Gasteiger partial charge in [-0.15, -0.1) is 11.3 Å². The van der Waals surface area contributed by atoms with E-state index in [-0.39, 0.29) is 5.91 Å². The van der Waals surface area contributed by atoms with Crippen LogP contribution in [0.5, 0.6) is 0 Å². The monoisotopic (exact) mass is 262 g/mol. The third kappa shape index (κ3) is 3.96. The highest BCUT2D eigenvalue weighted by molar-refractivity contribution is 7.13. The SMILES string of the molecule is CC.CNC(=O)Cc1csc(-c2ccccc2)n1. The number of aromatic nitrogens is 1. The summed E-state index contributed by atoms with van der Waals surface area (Å²) in [5.74, 6) is -0.00934. The number of carbonyl (C=O) groups excluding carboxylic acids is 1. The van der Waals surface area contributed by atoms with Gasteiger partial charge in [-0.3, -0.25) is 4.79 Å². The second-order valence-electron chi connectivity index (χ2n) is 3.36. The van der Waals surface area contributed by atoms with Crippen LogP contribution in [0.25, 0.3) is 10.6 Å². The fourth-order valence-electron chi connectivity index (χ4n) is 1.35. The molecule has 4 heteroatoms. The van der Waals surface area contributed by atoms with Crippen molar-refractivity contribution >= 4 is 17.2 Å². The summed E-state index contributed by atoms with van der Waals surface area (Å²) in [6.45, 7) is 4.00. The van der Waals surface area contributed by atoms with Crippen LogP contribution in [0.4, 0.5) is 0 Å². The number of hydrogen-bond acceptors (Lipinski definition) is 3. The van der Waals surface area contributed by atoms with Crippen molar-refractivity contribution in [2.75, 3.05) is 7.05 Å². The van der Waals surface area contributed by atoms with Gasteiger partial charge in [-0.1, -0.05) is 44.2 Å². The second-order valence-corrected chi connectivity index (χ2v) is 4.22. The van der Waals surface area contributed by atoms with Gasteiger partial charge in [0.05, 0.1) is 12.1 Å². The fourth-order valence-corrected chi connectivity index (χ4v) is 2.18. The van der Waals surface area contributed by atoms with Gasteiger partial charge in [0.2, 0.25) is 5.91 Å². The Morgan fingerprint density at radius 1 is 1.28 bits per heavy atom. The van der Waals surface area contributed by atoms with Gasteiger partial charge >= 0.3 is 0 Å². The maximum absolute atomic E-state index is 11.2. The van der Waals surface area contributed by atoms with Crippen molar-refractivity contribution in [3.8, 4) is 10.6 Å². The molecule has 1 heterocycles. The Balaban J connectivity index is 0.000000771. The number of carbonyl (C=O) groups is 1. The molecule has 0 bridgehead atoms. The predicted molar refractivity (Wildman–Crippen MR) is 76.7 cm³/mol. The molecule has 0 fully saturated rings. The third-order valence-corrected chi connectivity index (χ3v) is 3.13. The highest BCUT2D eigenvalue weighted by Gasteiger charge is 2.07. The molecule has 0 unspecified atom stereocenters. The lowest BCUT2D eigenvalue weighted by Crippen LogP contribution is -2.19. The Morgan fingerprint density at radius 3 is 2.56 bits per heavy atom. The van der Waals surface area contributed by atoms with Gasteiger partial charge < -0.3 is 5.32 Å². The highest BCUT2D eigenvalue weighted by Crippen LogP contribution is 2.23. The minimum atomic E-state index is -0.00934. The Labute approximate surface area is 112 Å². The first kappa shape index (κ1) is 14.4. The van der Waals surface area contributed by atoms with Gasteiger partial charge in [-0.25, -0.2) is 4.98 Å². The smallest absolute Gasteiger partial charge is 0.225 e. The van der Waals surface area contributed by atoms with Crippen molar-refractivity contribution in [2.24, 2.45) is 0 Å². The Morgan fingerprint density at radius 2 is 1.94 bits per heavy atom. The van der Waals surface area contributed by atoms with Crippen LogP contribution in [0.3, 0.4) is 0 Å². The molecule has 1 amide bonds. The molecule has 1 aromatic heterocycles. The van der Waals surface area contributed by atoms with Gasteiger partial charge in [0, 0.05) is 18.0 Å². The van der Waals surface area contributed by atoms with Gasteiger partial charge in [-0.05, 0) is 0 Å². The van der Waals surface area contributed by atoms with E-state index in [9.17, 15) is 4.79 Å². The van der Waals surface area contributed by atoms with E-state index >= 15 is 0 Å². The van der Waals surface area contributed by atoms with Crippen LogP contribution in [0.1, 0.15) is 19.5 Å². The van der Waals surface area contributed by atoms with Crippen molar-refractivity contribution in [1.29, 1.82) is 0 Å². The molecule has 0 aliphatic carbocycles. The molecule has 3 nitrogen and oxygen atoms in total. The first-order valence-electron chi connectivity index (χ1n) is 6.00. The number of amides is 1. The quantitative estimate of drug-likeness (QED) is 0.923. The minimum Gasteiger partial charge on any atom is -0.359 e. The topological polar surface area (TPSA) is 42.0 Å². The van der Waals surface area contributed by atoms with Crippen LogP contribution in [-0.4, -0.2) is 17.9 Å². The maximum atomic E-state index is 11.2. The lowest BCUT2D eigenvalue weighted by molar-refractivity contribution is -0.120. The molecule has 18 heavy (non-hydrogen) atoms. The number of nitrogens with one attached hydrogen (secondary N) is 1. The first-order valence-corrected chi connectivity index (χ1v) is 6.88. The standard InChI is InChI=1S/C12H12N2OS.C2H6/c1-13-11(15)7-10-8-16-12(14-10)9-5-3-2-4-6-9;1-2/h2-6,8H,7H2,1H3,(H,13,15);1-2H3. The summed E-state index contributed by atoms with van der Waals surface area (Å²) < 4.78 is 0. The van der Waals surface area contributed by atoms with Crippen molar-refractivity contribution in [1.82, 2.24) is 10.3 Å². The van der Waals surface area contributed by atoms with Crippen LogP contribution < -0.4 is 5.32 Å². The molecule has 0 saturated heterocycles. The van der Waals surface area contributed by atoms with E-state index in [0.717, 1.165) is 16.3 Å². The normalized spacial score (nSPS) is 9.28. The summed E-state index contributed by atoms with van der Waals surface area (Å²) in [6.07, 6.45) is 0.347. The number of nitrogens with zero attached hydrogens (tertiary/aromatic N) is 1. The molecule has 0 aliphatic heterocycles. The van der Waals surface area contributed by atoms with E-state index in [1.54, 1.807) is 18.4 Å². The summed E-state index contributed by atoms with van der Waals surface area (Å²) in [4.78, 5) is 15.6. The number of rotatable bonds is 3. The fraction of sp³-hybridized carbons (Fsp3) is 0.286. The zero-order valence-electron chi connectivity index (χ0n) is 10.9. The molecule has 1 N–H and O–H groups in total. The Kier molecular flexibility index (Phi) is 6.08. The van der Waals surface area contributed by atoms with E-state index < -0.39 is 0 Å². The van der Waals surface area contributed by atoms with Crippen LogP contribution in [0.2, 0.25) is 0 Å². The number of hydrogen-bond donors (Lipinski definition) is 1. The van der Waals surface area contributed by atoms with Crippen molar-refractivity contribution in [3.05, 3.63) is 41.4 Å². The average molecular weight is 262 g/mol. The van der Waals surface area contributed by atoms with Crippen LogP contribution in [0, 0.1) is 0 Å². The van der Waals surface area contributed by atoms with Gasteiger partial charge in [0.1, 0.15) is 5.01 Å². The summed E-state index contributed by atoms with van der Waals surface area (Å²) in [6, 6.07) is 9.97. The molecule has 2 rings (SSSR count). The van der Waals surface area contributed by atoms with Gasteiger partial charge in [0.25, 0.3) is 0 Å². The molecule has 0 atom stereocenters. The Hall–Kier alpha value is -1.68. The summed E-state index contributed by atoms with van der Waals surface area (Å²) in [5, 5.41) is 5.47. The average Bonchev–Trinajstić information content (AvgIpc) is 2.90. The zero-order valence-corrected chi connectivity index (χ0v) is 11.8. The van der Waals surface area contributed by atoms with Crippen LogP contribution in [-0.2, 0) is 11.2 Å². The predicted octanol–water partition coefficient (Wildman–Crippen LogP) is 3.12. The molecule has 0 aliphatic rings. The van der Waals surface area contributed by atoms with E-state index in [4.69, 9.17) is 0 Å². The first-order chi connectivity index (χ1) is 8.79. The van der Waals surface area contributed by atoms with Crippen LogP contribution >= 0.6 is 11.3 Å². The summed E-state index contributed by atoms with van der Waals surface area (Å²) in [7, 11) is 1.63. The number of thiazole rings is 1. The summed E-state index contributed by atoms with van der Waals surface area (Å²) in [5.41, 5.74) is 1.92. The van der Waals surface area contributed by atoms with Crippen molar-refractivity contribution in [2.45, 2.75) is 20.3 Å². The Bertz CT molecular complexity index is 480. The lowest BCUT2D eigenvalue weighted by Gasteiger charge is -1.95. The molecule has 0 spiro atoms. The van der Waals surface area contributed by atoms with Gasteiger partial charge in [0.15, 0.2) is 0 Å². The third-order valence-electron chi connectivity index (χ3n) is 2.19. The maximum Gasteiger partial charge on any atom is 0.225 e. The number of likely N-dealkylation sites (N-methyl/N-ethyl adjacent to an activating group) is 1. The van der Waals surface area contributed by atoms with E-state index in [1.807, 2.05) is 49.6 Å².